The third-order valence-corrected chi connectivity index (χ3v) is 14.5. The van der Waals surface area contributed by atoms with Gasteiger partial charge in [0.15, 0.2) is 17.3 Å². The molecule has 3 fully saturated rings. The quantitative estimate of drug-likeness (QED) is 0.0738. The molecule has 1 saturated carbocycles. The SMILES string of the molecule is Cc1c(-c2cc(N3C(=O)[C@@H]4C[C@@H]5C(=CC[C@@H]6C(=O)N(c7cc([N+](=O)[O-])c(N(C)C)c([N+](=O)[O-])c7)C(=O)[C@@H]65)[C@H](c5ccc(O)c(F)c5)[C@]4(C)C3=O)n(C)n2)sc2ccc(Cl)cc12. The number of thiophene rings is 1. The molecule has 3 aromatic carbocycles. The number of imide groups is 2. The van der Waals surface area contributed by atoms with Gasteiger partial charge in [0.05, 0.1) is 43.6 Å². The number of nitro benzene ring substituents is 2. The number of rotatable bonds is 7. The zero-order valence-electron chi connectivity index (χ0n) is 33.1. The molecule has 1 N–H and O–H groups in total. The molecule has 9 rings (SSSR count). The van der Waals surface area contributed by atoms with Crippen molar-refractivity contribution in [3.05, 3.63) is 108 Å². The lowest BCUT2D eigenvalue weighted by Crippen LogP contribution is -2.49. The predicted molar refractivity (Wildman–Crippen MR) is 223 cm³/mol. The van der Waals surface area contributed by atoms with Gasteiger partial charge in [0.25, 0.3) is 0 Å². The summed E-state index contributed by atoms with van der Waals surface area (Å²) >= 11 is 7.77. The number of hydrogen-bond acceptors (Lipinski definition) is 12. The van der Waals surface area contributed by atoms with Crippen molar-refractivity contribution in [3.8, 4) is 16.3 Å². The second-order valence-corrected chi connectivity index (χ2v) is 17.8. The van der Waals surface area contributed by atoms with E-state index in [9.17, 15) is 39.7 Å². The fourth-order valence-corrected chi connectivity index (χ4v) is 11.6. The Bertz CT molecular complexity index is 2860. The van der Waals surface area contributed by atoms with Crippen LogP contribution in [0.4, 0.5) is 33.0 Å². The number of halogens is 2. The van der Waals surface area contributed by atoms with Crippen molar-refractivity contribution in [2.24, 2.45) is 36.1 Å². The maximum atomic E-state index is 15.3. The number of phenols is 1. The first-order valence-electron chi connectivity index (χ1n) is 19.2. The number of fused-ring (bicyclic) bond motifs is 5. The summed E-state index contributed by atoms with van der Waals surface area (Å²) in [6.07, 6.45) is 1.64. The summed E-state index contributed by atoms with van der Waals surface area (Å²) in [4.78, 5) is 85.5. The van der Waals surface area contributed by atoms with Gasteiger partial charge in [-0.2, -0.15) is 5.10 Å². The van der Waals surface area contributed by atoms with E-state index in [1.165, 1.54) is 41.1 Å². The van der Waals surface area contributed by atoms with E-state index in [-0.39, 0.29) is 35.6 Å². The Kier molecular flexibility index (Phi) is 9.00. The first-order valence-corrected chi connectivity index (χ1v) is 20.4. The molecule has 0 spiro atoms. The molecule has 4 amide bonds. The summed E-state index contributed by atoms with van der Waals surface area (Å²) < 4.78 is 17.7. The number of aromatic nitrogens is 2. The Morgan fingerprint density at radius 1 is 0.951 bits per heavy atom. The largest absolute Gasteiger partial charge is 0.505 e. The normalized spacial score (nSPS) is 24.6. The molecule has 4 aliphatic rings. The molecule has 0 radical (unpaired) electrons. The predicted octanol–water partition coefficient (Wildman–Crippen LogP) is 7.43. The highest BCUT2D eigenvalue weighted by molar-refractivity contribution is 7.22. The molecule has 312 valence electrons. The van der Waals surface area contributed by atoms with Gasteiger partial charge in [0.2, 0.25) is 23.6 Å². The standard InChI is InChI=1S/C42H35ClFN7O9S/c1-18-24-13-20(43)7-11-32(24)61-37(18)28-17-33(47(5)45-28)49-39(54)26-16-25-22(35(42(26,2)41(49)56)19-6-10-31(52)27(44)12-19)8-9-23-34(25)40(55)48(38(23)53)21-14-29(50(57)58)36(46(3)4)30(15-21)51(59)60/h6-8,10-15,17,23,25-26,34-35,52H,9,16H2,1-5H3/t23-,25+,26-,34-,35-,42+/m0/s1. The average molecular weight is 868 g/mol. The van der Waals surface area contributed by atoms with Gasteiger partial charge in [-0.1, -0.05) is 29.3 Å². The van der Waals surface area contributed by atoms with Gasteiger partial charge < -0.3 is 10.0 Å². The van der Waals surface area contributed by atoms with E-state index in [0.29, 0.717) is 16.3 Å². The first kappa shape index (κ1) is 39.9. The second kappa shape index (κ2) is 13.8. The van der Waals surface area contributed by atoms with Crippen LogP contribution in [0.1, 0.15) is 36.8 Å². The molecule has 6 atom stereocenters. The first-order chi connectivity index (χ1) is 28.8. The van der Waals surface area contributed by atoms with Crippen molar-refractivity contribution >= 4 is 85.2 Å². The van der Waals surface area contributed by atoms with E-state index in [0.717, 1.165) is 54.6 Å². The number of carbonyl (C=O) groups excluding carboxylic acids is 4. The Morgan fingerprint density at radius 3 is 2.28 bits per heavy atom. The lowest BCUT2D eigenvalue weighted by Gasteiger charge is -2.49. The minimum absolute atomic E-state index is 0.0218. The topological polar surface area (TPSA) is 202 Å². The minimum Gasteiger partial charge on any atom is -0.505 e. The maximum Gasteiger partial charge on any atom is 0.301 e. The number of carbonyl (C=O) groups is 4. The van der Waals surface area contributed by atoms with E-state index in [4.69, 9.17) is 16.7 Å². The van der Waals surface area contributed by atoms with Gasteiger partial charge in [-0.25, -0.2) is 14.2 Å². The van der Waals surface area contributed by atoms with E-state index < -0.39 is 91.4 Å². The summed E-state index contributed by atoms with van der Waals surface area (Å²) in [7, 11) is 4.39. The van der Waals surface area contributed by atoms with Crippen LogP contribution >= 0.6 is 22.9 Å². The van der Waals surface area contributed by atoms with Gasteiger partial charge in [-0.3, -0.25) is 44.1 Å². The van der Waals surface area contributed by atoms with Crippen LogP contribution in [0.25, 0.3) is 20.7 Å². The zero-order valence-corrected chi connectivity index (χ0v) is 34.7. The Balaban J connectivity index is 1.15. The van der Waals surface area contributed by atoms with Crippen molar-refractivity contribution in [2.75, 3.05) is 28.8 Å². The van der Waals surface area contributed by atoms with Gasteiger partial charge in [-0.05, 0) is 79.5 Å². The van der Waals surface area contributed by atoms with Crippen LogP contribution in [0.15, 0.2) is 66.2 Å². The van der Waals surface area contributed by atoms with Gasteiger partial charge >= 0.3 is 11.4 Å². The number of nitrogens with zero attached hydrogens (tertiary/aromatic N) is 7. The van der Waals surface area contributed by atoms with Crippen LogP contribution < -0.4 is 14.7 Å². The molecule has 61 heavy (non-hydrogen) atoms. The number of aromatic hydroxyl groups is 1. The molecule has 4 heterocycles. The highest BCUT2D eigenvalue weighted by Crippen LogP contribution is 2.64. The smallest absolute Gasteiger partial charge is 0.301 e. The highest BCUT2D eigenvalue weighted by Gasteiger charge is 2.68. The van der Waals surface area contributed by atoms with Gasteiger partial charge in [0.1, 0.15) is 11.5 Å². The fraction of sp³-hybridized carbons (Fsp3) is 0.310. The van der Waals surface area contributed by atoms with Crippen LogP contribution in [0.2, 0.25) is 5.02 Å². The summed E-state index contributed by atoms with van der Waals surface area (Å²) in [5.74, 6) is -9.26. The summed E-state index contributed by atoms with van der Waals surface area (Å²) in [5, 5.41) is 40.8. The van der Waals surface area contributed by atoms with Crippen molar-refractivity contribution < 1.29 is 38.5 Å². The number of hydrogen-bond donors (Lipinski definition) is 1. The van der Waals surface area contributed by atoms with E-state index in [1.807, 2.05) is 19.1 Å². The third-order valence-electron chi connectivity index (χ3n) is 12.9. The highest BCUT2D eigenvalue weighted by atomic mass is 35.5. The average Bonchev–Trinajstić information content (AvgIpc) is 3.88. The Labute approximate surface area is 354 Å². The lowest BCUT2D eigenvalue weighted by molar-refractivity contribution is -0.392. The lowest BCUT2D eigenvalue weighted by atomic mass is 9.51. The zero-order chi connectivity index (χ0) is 43.7. The molecule has 0 bridgehead atoms. The number of amides is 4. The molecule has 2 aliphatic carbocycles. The summed E-state index contributed by atoms with van der Waals surface area (Å²) in [6, 6.07) is 12.8. The molecular weight excluding hydrogens is 833 g/mol. The molecular formula is C42H35ClFN7O9S. The van der Waals surface area contributed by atoms with Crippen LogP contribution in [-0.2, 0) is 26.2 Å². The molecule has 2 aromatic heterocycles. The van der Waals surface area contributed by atoms with Crippen molar-refractivity contribution in [3.63, 3.8) is 0 Å². The Morgan fingerprint density at radius 2 is 1.64 bits per heavy atom. The fourth-order valence-electron chi connectivity index (χ4n) is 10.2. The van der Waals surface area contributed by atoms with Crippen molar-refractivity contribution in [1.82, 2.24) is 9.78 Å². The number of nitro groups is 2. The number of benzene rings is 3. The third kappa shape index (κ3) is 5.64. The molecule has 2 saturated heterocycles. The molecule has 19 heteroatoms. The number of aryl methyl sites for hydroxylation is 2. The summed E-state index contributed by atoms with van der Waals surface area (Å²) in [6.45, 7) is 3.56. The minimum atomic E-state index is -1.56. The van der Waals surface area contributed by atoms with Crippen LogP contribution in [0, 0.1) is 62.1 Å². The molecule has 2 aliphatic heterocycles. The molecule has 5 aromatic rings. The van der Waals surface area contributed by atoms with E-state index >= 15 is 9.18 Å². The van der Waals surface area contributed by atoms with Crippen molar-refractivity contribution in [1.29, 1.82) is 0 Å². The van der Waals surface area contributed by atoms with Gasteiger partial charge in [-0.15, -0.1) is 11.3 Å². The van der Waals surface area contributed by atoms with Crippen molar-refractivity contribution in [2.45, 2.75) is 32.6 Å². The summed E-state index contributed by atoms with van der Waals surface area (Å²) in [5.41, 5.74) is -1.42. The van der Waals surface area contributed by atoms with Crippen LogP contribution in [0.5, 0.6) is 5.75 Å². The maximum absolute atomic E-state index is 15.3. The van der Waals surface area contributed by atoms with Gasteiger partial charge in [0, 0.05) is 55.0 Å². The number of phenolic OH excluding ortho intramolecular Hbond substituents is 1. The van der Waals surface area contributed by atoms with Crippen LogP contribution in [0.3, 0.4) is 0 Å². The monoisotopic (exact) mass is 867 g/mol. The second-order valence-electron chi connectivity index (χ2n) is 16.3. The molecule has 16 nitrogen and oxygen atoms in total. The Hall–Kier alpha value is -6.53. The number of anilines is 3. The number of allylic oxidation sites excluding steroid dienone is 2. The van der Waals surface area contributed by atoms with Crippen LogP contribution in [-0.4, -0.2) is 62.5 Å². The van der Waals surface area contributed by atoms with E-state index in [1.54, 1.807) is 32.2 Å². The van der Waals surface area contributed by atoms with E-state index in [2.05, 4.69) is 0 Å². The molecule has 0 unspecified atom stereocenters.